The maximum atomic E-state index is 11.1. The Labute approximate surface area is 205 Å². The molecule has 2 nitrogen and oxygen atoms in total. The van der Waals surface area contributed by atoms with E-state index in [2.05, 4.69) is 48.1 Å². The number of fused-ring (bicyclic) bond motifs is 5. The van der Waals surface area contributed by atoms with Gasteiger partial charge in [0.2, 0.25) is 0 Å². The first-order valence-corrected chi connectivity index (χ1v) is 14.4. The molecule has 0 aromatic heterocycles. The predicted molar refractivity (Wildman–Crippen MR) is 139 cm³/mol. The van der Waals surface area contributed by atoms with Crippen molar-refractivity contribution in [3.63, 3.8) is 0 Å². The van der Waals surface area contributed by atoms with E-state index >= 15 is 0 Å². The van der Waals surface area contributed by atoms with Gasteiger partial charge < -0.3 is 10.2 Å². The molecule has 0 aromatic rings. The van der Waals surface area contributed by atoms with Gasteiger partial charge in [-0.15, -0.1) is 0 Å². The topological polar surface area (TPSA) is 40.5 Å². The number of aliphatic hydroxyl groups is 2. The molecule has 0 aliphatic heterocycles. The average Bonchev–Trinajstić information content (AvgIpc) is 3.17. The second-order valence-electron chi connectivity index (χ2n) is 14.2. The summed E-state index contributed by atoms with van der Waals surface area (Å²) in [6, 6.07) is 0. The summed E-state index contributed by atoms with van der Waals surface area (Å²) in [4.78, 5) is 0. The highest BCUT2D eigenvalue weighted by Gasteiger charge is 2.66. The summed E-state index contributed by atoms with van der Waals surface area (Å²) >= 11 is 0. The first kappa shape index (κ1) is 25.7. The summed E-state index contributed by atoms with van der Waals surface area (Å²) in [7, 11) is 0. The van der Waals surface area contributed by atoms with Gasteiger partial charge in [-0.3, -0.25) is 0 Å². The van der Waals surface area contributed by atoms with Crippen molar-refractivity contribution in [1.82, 2.24) is 0 Å². The molecule has 190 valence electrons. The zero-order valence-corrected chi connectivity index (χ0v) is 22.8. The average molecular weight is 459 g/mol. The minimum Gasteiger partial charge on any atom is -0.396 e. The lowest BCUT2D eigenvalue weighted by atomic mass is 9.37. The van der Waals surface area contributed by atoms with Crippen LogP contribution in [0.5, 0.6) is 0 Å². The highest BCUT2D eigenvalue weighted by atomic mass is 16.3. The van der Waals surface area contributed by atoms with Gasteiger partial charge in [-0.25, -0.2) is 0 Å². The molecule has 0 aromatic carbocycles. The van der Waals surface area contributed by atoms with Gasteiger partial charge in [0.15, 0.2) is 0 Å². The van der Waals surface area contributed by atoms with Crippen molar-refractivity contribution in [3.05, 3.63) is 12.2 Å². The molecule has 9 unspecified atom stereocenters. The van der Waals surface area contributed by atoms with Gasteiger partial charge in [0.25, 0.3) is 0 Å². The van der Waals surface area contributed by atoms with Crippen LogP contribution in [0.1, 0.15) is 119 Å². The van der Waals surface area contributed by atoms with E-state index in [4.69, 9.17) is 0 Å². The quantitative estimate of drug-likeness (QED) is 0.382. The Hall–Kier alpha value is -0.340. The summed E-state index contributed by atoms with van der Waals surface area (Å²) in [5.41, 5.74) is 2.29. The Morgan fingerprint density at radius 3 is 2.39 bits per heavy atom. The van der Waals surface area contributed by atoms with Crippen molar-refractivity contribution in [2.24, 2.45) is 51.2 Å². The molecule has 2 heteroatoms. The lowest BCUT2D eigenvalue weighted by Crippen LogP contribution is -2.61. The Balaban J connectivity index is 1.58. The molecule has 4 aliphatic carbocycles. The zero-order chi connectivity index (χ0) is 24.2. The van der Waals surface area contributed by atoms with Crippen LogP contribution in [0.25, 0.3) is 0 Å². The second kappa shape index (κ2) is 8.95. The molecule has 4 saturated carbocycles. The Kier molecular flexibility index (Phi) is 6.98. The van der Waals surface area contributed by atoms with E-state index in [1.165, 1.54) is 69.8 Å². The lowest BCUT2D eigenvalue weighted by Gasteiger charge is -2.68. The number of allylic oxidation sites excluding steroid dienone is 1. The molecule has 9 atom stereocenters. The summed E-state index contributed by atoms with van der Waals surface area (Å²) < 4.78 is 0. The SMILES string of the molecule is C=C(C)C1CCC2(CO)CCC3(C)C(CCC4CC(C(C)(C)C(O)CCCC)CCC43C)C12. The third-order valence-electron chi connectivity index (χ3n) is 12.8. The van der Waals surface area contributed by atoms with E-state index in [0.717, 1.165) is 24.7 Å². The van der Waals surface area contributed by atoms with E-state index < -0.39 is 0 Å². The van der Waals surface area contributed by atoms with Crippen molar-refractivity contribution in [2.75, 3.05) is 6.61 Å². The number of aliphatic hydroxyl groups excluding tert-OH is 2. The van der Waals surface area contributed by atoms with E-state index in [1.807, 2.05) is 0 Å². The molecular weight excluding hydrogens is 404 g/mol. The number of rotatable bonds is 7. The Morgan fingerprint density at radius 1 is 1.03 bits per heavy atom. The van der Waals surface area contributed by atoms with Gasteiger partial charge in [0, 0.05) is 6.61 Å². The molecule has 0 radical (unpaired) electrons. The molecule has 4 aliphatic rings. The standard InChI is InChI=1S/C31H54O2/c1-8-9-10-26(33)28(4,5)22-13-15-29(6)23(19-22)11-12-25-27-24(21(2)3)14-16-31(27,20-32)18-17-30(25,29)7/h22-27,32-33H,2,8-20H2,1,3-7H3. The summed E-state index contributed by atoms with van der Waals surface area (Å²) in [5, 5.41) is 21.7. The maximum absolute atomic E-state index is 11.1. The third kappa shape index (κ3) is 3.80. The molecule has 0 spiro atoms. The fourth-order valence-corrected chi connectivity index (χ4v) is 10.0. The first-order valence-electron chi connectivity index (χ1n) is 14.4. The fraction of sp³-hybridized carbons (Fsp3) is 0.935. The summed E-state index contributed by atoms with van der Waals surface area (Å²) in [5.74, 6) is 3.37. The number of hydrogen-bond acceptors (Lipinski definition) is 2. The molecular formula is C31H54O2. The molecule has 0 bridgehead atoms. The van der Waals surface area contributed by atoms with Crippen LogP contribution in [-0.2, 0) is 0 Å². The van der Waals surface area contributed by atoms with Crippen molar-refractivity contribution < 1.29 is 10.2 Å². The van der Waals surface area contributed by atoms with E-state index in [0.29, 0.717) is 35.2 Å². The highest BCUT2D eigenvalue weighted by molar-refractivity contribution is 5.19. The van der Waals surface area contributed by atoms with E-state index in [1.54, 1.807) is 0 Å². The minimum atomic E-state index is -0.173. The van der Waals surface area contributed by atoms with Gasteiger partial charge >= 0.3 is 0 Å². The molecule has 0 saturated heterocycles. The fourth-order valence-electron chi connectivity index (χ4n) is 10.0. The Bertz CT molecular complexity index is 726. The predicted octanol–water partition coefficient (Wildman–Crippen LogP) is 7.78. The number of hydrogen-bond donors (Lipinski definition) is 2. The van der Waals surface area contributed by atoms with Crippen LogP contribution < -0.4 is 0 Å². The van der Waals surface area contributed by atoms with Crippen molar-refractivity contribution in [3.8, 4) is 0 Å². The molecule has 2 N–H and O–H groups in total. The van der Waals surface area contributed by atoms with E-state index in [-0.39, 0.29) is 16.9 Å². The summed E-state index contributed by atoms with van der Waals surface area (Å²) in [6.45, 7) is 19.3. The summed E-state index contributed by atoms with van der Waals surface area (Å²) in [6.07, 6.45) is 14.6. The van der Waals surface area contributed by atoms with Crippen molar-refractivity contribution in [2.45, 2.75) is 125 Å². The third-order valence-corrected chi connectivity index (χ3v) is 12.8. The van der Waals surface area contributed by atoms with Crippen LogP contribution in [0.4, 0.5) is 0 Å². The van der Waals surface area contributed by atoms with Crippen LogP contribution in [0.2, 0.25) is 0 Å². The van der Waals surface area contributed by atoms with Crippen LogP contribution >= 0.6 is 0 Å². The molecule has 4 fully saturated rings. The largest absolute Gasteiger partial charge is 0.396 e. The molecule has 4 rings (SSSR count). The first-order chi connectivity index (χ1) is 15.5. The monoisotopic (exact) mass is 458 g/mol. The smallest absolute Gasteiger partial charge is 0.0593 e. The van der Waals surface area contributed by atoms with Crippen LogP contribution in [-0.4, -0.2) is 22.9 Å². The Morgan fingerprint density at radius 2 is 1.76 bits per heavy atom. The number of unbranched alkanes of at least 4 members (excludes halogenated alkanes) is 1. The van der Waals surface area contributed by atoms with Crippen LogP contribution in [0.15, 0.2) is 12.2 Å². The molecule has 0 amide bonds. The van der Waals surface area contributed by atoms with E-state index in [9.17, 15) is 10.2 Å². The van der Waals surface area contributed by atoms with Gasteiger partial charge in [-0.05, 0) is 122 Å². The van der Waals surface area contributed by atoms with Gasteiger partial charge in [0.1, 0.15) is 0 Å². The van der Waals surface area contributed by atoms with Gasteiger partial charge in [-0.2, -0.15) is 0 Å². The van der Waals surface area contributed by atoms with Crippen LogP contribution in [0.3, 0.4) is 0 Å². The highest BCUT2D eigenvalue weighted by Crippen LogP contribution is 2.73. The second-order valence-corrected chi connectivity index (χ2v) is 14.2. The minimum absolute atomic E-state index is 0.0172. The zero-order valence-electron chi connectivity index (χ0n) is 22.8. The normalized spacial score (nSPS) is 46.2. The van der Waals surface area contributed by atoms with Gasteiger partial charge in [0.05, 0.1) is 6.10 Å². The van der Waals surface area contributed by atoms with Crippen molar-refractivity contribution >= 4 is 0 Å². The van der Waals surface area contributed by atoms with Crippen LogP contribution in [0, 0.1) is 51.2 Å². The molecule has 0 heterocycles. The van der Waals surface area contributed by atoms with Gasteiger partial charge in [-0.1, -0.05) is 59.6 Å². The van der Waals surface area contributed by atoms with Crippen molar-refractivity contribution in [1.29, 1.82) is 0 Å². The molecule has 33 heavy (non-hydrogen) atoms. The lowest BCUT2D eigenvalue weighted by molar-refractivity contribution is -0.195. The maximum Gasteiger partial charge on any atom is 0.0593 e.